The molecule has 2 aromatic rings. The highest BCUT2D eigenvalue weighted by Gasteiger charge is 2.35. The zero-order chi connectivity index (χ0) is 17.9. The minimum Gasteiger partial charge on any atom is -0.334 e. The molecule has 26 heavy (non-hydrogen) atoms. The van der Waals surface area contributed by atoms with Crippen molar-refractivity contribution in [3.8, 4) is 0 Å². The van der Waals surface area contributed by atoms with Crippen molar-refractivity contribution in [2.24, 2.45) is 5.92 Å². The van der Waals surface area contributed by atoms with Gasteiger partial charge < -0.3 is 4.90 Å². The molecule has 2 fully saturated rings. The molecule has 1 amide bonds. The fraction of sp³-hybridized carbons (Fsp3) is 0.455. The third-order valence-corrected chi connectivity index (χ3v) is 5.96. The number of hydrogen-bond donors (Lipinski definition) is 0. The Morgan fingerprint density at radius 3 is 2.58 bits per heavy atom. The summed E-state index contributed by atoms with van der Waals surface area (Å²) in [5.41, 5.74) is 3.29. The number of aromatic nitrogens is 1. The SMILES string of the molecule is O=C(C1CCCC1)N1CCCC1c1cccc(Cc2ccc(Cl)cc2)n1. The predicted molar refractivity (Wildman–Crippen MR) is 104 cm³/mol. The molecule has 3 nitrogen and oxygen atoms in total. The van der Waals surface area contributed by atoms with Gasteiger partial charge in [-0.15, -0.1) is 0 Å². The minimum atomic E-state index is 0.147. The van der Waals surface area contributed by atoms with Crippen LogP contribution in [0.25, 0.3) is 0 Å². The van der Waals surface area contributed by atoms with Crippen LogP contribution in [0, 0.1) is 5.92 Å². The molecular formula is C22H25ClN2O. The summed E-state index contributed by atoms with van der Waals surface area (Å²) in [6, 6.07) is 14.3. The molecule has 1 atom stereocenters. The van der Waals surface area contributed by atoms with E-state index in [9.17, 15) is 4.79 Å². The Labute approximate surface area is 160 Å². The monoisotopic (exact) mass is 368 g/mol. The molecule has 0 bridgehead atoms. The van der Waals surface area contributed by atoms with Crippen molar-refractivity contribution in [2.75, 3.05) is 6.54 Å². The molecule has 2 aliphatic rings. The van der Waals surface area contributed by atoms with Crippen LogP contribution in [0.2, 0.25) is 5.02 Å². The number of rotatable bonds is 4. The maximum absolute atomic E-state index is 12.9. The second-order valence-corrected chi connectivity index (χ2v) is 7.96. The summed E-state index contributed by atoms with van der Waals surface area (Å²) in [5, 5.41) is 0.752. The van der Waals surface area contributed by atoms with Crippen LogP contribution in [0.4, 0.5) is 0 Å². The van der Waals surface area contributed by atoms with Gasteiger partial charge in [0.1, 0.15) is 0 Å². The Morgan fingerprint density at radius 2 is 1.81 bits per heavy atom. The maximum Gasteiger partial charge on any atom is 0.226 e. The van der Waals surface area contributed by atoms with E-state index in [-0.39, 0.29) is 12.0 Å². The van der Waals surface area contributed by atoms with Crippen LogP contribution in [-0.4, -0.2) is 22.3 Å². The third-order valence-electron chi connectivity index (χ3n) is 5.71. The number of halogens is 1. The quantitative estimate of drug-likeness (QED) is 0.744. The molecule has 1 aliphatic carbocycles. The average molecular weight is 369 g/mol. The van der Waals surface area contributed by atoms with E-state index in [1.165, 1.54) is 18.4 Å². The van der Waals surface area contributed by atoms with Crippen LogP contribution in [-0.2, 0) is 11.2 Å². The van der Waals surface area contributed by atoms with Crippen molar-refractivity contribution in [1.29, 1.82) is 0 Å². The molecule has 0 N–H and O–H groups in total. The van der Waals surface area contributed by atoms with E-state index in [0.29, 0.717) is 5.91 Å². The van der Waals surface area contributed by atoms with Crippen molar-refractivity contribution in [3.63, 3.8) is 0 Å². The first-order chi connectivity index (χ1) is 12.7. The van der Waals surface area contributed by atoms with Gasteiger partial charge in [0.05, 0.1) is 11.7 Å². The number of likely N-dealkylation sites (tertiary alicyclic amines) is 1. The first kappa shape index (κ1) is 17.5. The van der Waals surface area contributed by atoms with Crippen LogP contribution >= 0.6 is 11.6 Å². The first-order valence-electron chi connectivity index (χ1n) is 9.71. The van der Waals surface area contributed by atoms with Crippen molar-refractivity contribution >= 4 is 17.5 Å². The van der Waals surface area contributed by atoms with Gasteiger partial charge in [-0.2, -0.15) is 0 Å². The van der Waals surface area contributed by atoms with Crippen molar-refractivity contribution in [1.82, 2.24) is 9.88 Å². The van der Waals surface area contributed by atoms with E-state index in [4.69, 9.17) is 16.6 Å². The van der Waals surface area contributed by atoms with E-state index in [2.05, 4.69) is 23.1 Å². The molecule has 2 heterocycles. The zero-order valence-electron chi connectivity index (χ0n) is 15.0. The molecule has 1 saturated carbocycles. The molecule has 1 unspecified atom stereocenters. The van der Waals surface area contributed by atoms with Gasteiger partial charge in [0, 0.05) is 29.6 Å². The van der Waals surface area contributed by atoms with Gasteiger partial charge in [0.2, 0.25) is 5.91 Å². The number of nitrogens with zero attached hydrogens (tertiary/aromatic N) is 2. The van der Waals surface area contributed by atoms with Gasteiger partial charge >= 0.3 is 0 Å². The van der Waals surface area contributed by atoms with Gasteiger partial charge in [-0.1, -0.05) is 42.6 Å². The van der Waals surface area contributed by atoms with E-state index < -0.39 is 0 Å². The zero-order valence-corrected chi connectivity index (χ0v) is 15.8. The second kappa shape index (κ2) is 7.79. The topological polar surface area (TPSA) is 33.2 Å². The standard InChI is InChI=1S/C22H25ClN2O/c23-18-12-10-16(11-13-18)15-19-7-3-8-20(24-19)21-9-4-14-25(21)22(26)17-5-1-2-6-17/h3,7-8,10-13,17,21H,1-2,4-6,9,14-15H2. The number of carbonyl (C=O) groups is 1. The maximum atomic E-state index is 12.9. The summed E-state index contributed by atoms with van der Waals surface area (Å²) < 4.78 is 0. The summed E-state index contributed by atoms with van der Waals surface area (Å²) in [6.45, 7) is 0.878. The number of carbonyl (C=O) groups excluding carboxylic acids is 1. The number of benzene rings is 1. The highest BCUT2D eigenvalue weighted by Crippen LogP contribution is 2.35. The fourth-order valence-electron chi connectivity index (χ4n) is 4.34. The molecule has 4 rings (SSSR count). The van der Waals surface area contributed by atoms with Crippen molar-refractivity contribution in [2.45, 2.75) is 51.0 Å². The predicted octanol–water partition coefficient (Wildman–Crippen LogP) is 5.18. The van der Waals surface area contributed by atoms with Gasteiger partial charge in [0.25, 0.3) is 0 Å². The number of hydrogen-bond acceptors (Lipinski definition) is 2. The largest absolute Gasteiger partial charge is 0.334 e. The Balaban J connectivity index is 1.51. The second-order valence-electron chi connectivity index (χ2n) is 7.53. The molecular weight excluding hydrogens is 344 g/mol. The van der Waals surface area contributed by atoms with Crippen molar-refractivity contribution < 1.29 is 4.79 Å². The van der Waals surface area contributed by atoms with Crippen LogP contribution < -0.4 is 0 Å². The summed E-state index contributed by atoms with van der Waals surface area (Å²) >= 11 is 5.97. The Kier molecular flexibility index (Phi) is 5.26. The smallest absolute Gasteiger partial charge is 0.226 e. The molecule has 1 aromatic carbocycles. The van der Waals surface area contributed by atoms with Gasteiger partial charge in [-0.3, -0.25) is 9.78 Å². The van der Waals surface area contributed by atoms with Crippen molar-refractivity contribution in [3.05, 3.63) is 64.4 Å². The van der Waals surface area contributed by atoms with Crippen LogP contribution in [0.15, 0.2) is 42.5 Å². The lowest BCUT2D eigenvalue weighted by molar-refractivity contribution is -0.136. The Hall–Kier alpha value is -1.87. The number of amides is 1. The van der Waals surface area contributed by atoms with E-state index >= 15 is 0 Å². The molecule has 1 saturated heterocycles. The first-order valence-corrected chi connectivity index (χ1v) is 10.1. The highest BCUT2D eigenvalue weighted by atomic mass is 35.5. The molecule has 1 aliphatic heterocycles. The molecule has 0 radical (unpaired) electrons. The summed E-state index contributed by atoms with van der Waals surface area (Å²) in [7, 11) is 0. The lowest BCUT2D eigenvalue weighted by atomic mass is 10.0. The third kappa shape index (κ3) is 3.78. The van der Waals surface area contributed by atoms with Gasteiger partial charge in [-0.05, 0) is 55.5 Å². The minimum absolute atomic E-state index is 0.147. The normalized spacial score (nSPS) is 20.7. The average Bonchev–Trinajstić information content (AvgIpc) is 3.35. The highest BCUT2D eigenvalue weighted by molar-refractivity contribution is 6.30. The van der Waals surface area contributed by atoms with Crippen LogP contribution in [0.5, 0.6) is 0 Å². The lowest BCUT2D eigenvalue weighted by Crippen LogP contribution is -2.35. The molecule has 0 spiro atoms. The summed E-state index contributed by atoms with van der Waals surface area (Å²) in [4.78, 5) is 19.9. The Bertz CT molecular complexity index is 768. The lowest BCUT2D eigenvalue weighted by Gasteiger charge is -2.27. The van der Waals surface area contributed by atoms with Crippen LogP contribution in [0.1, 0.15) is 61.5 Å². The van der Waals surface area contributed by atoms with E-state index in [1.807, 2.05) is 24.3 Å². The summed E-state index contributed by atoms with van der Waals surface area (Å²) in [5.74, 6) is 0.600. The number of pyridine rings is 1. The fourth-order valence-corrected chi connectivity index (χ4v) is 4.46. The van der Waals surface area contributed by atoms with E-state index in [1.54, 1.807) is 0 Å². The molecule has 1 aromatic heterocycles. The van der Waals surface area contributed by atoms with Gasteiger partial charge in [0.15, 0.2) is 0 Å². The Morgan fingerprint density at radius 1 is 1.04 bits per heavy atom. The van der Waals surface area contributed by atoms with Gasteiger partial charge in [-0.25, -0.2) is 0 Å². The summed E-state index contributed by atoms with van der Waals surface area (Å²) in [6.07, 6.45) is 7.40. The van der Waals surface area contributed by atoms with Crippen LogP contribution in [0.3, 0.4) is 0 Å². The molecule has 4 heteroatoms. The van der Waals surface area contributed by atoms with E-state index in [0.717, 1.165) is 55.1 Å². The molecule has 136 valence electrons.